The summed E-state index contributed by atoms with van der Waals surface area (Å²) in [5.74, 6) is 0. The molecule has 0 aromatic heterocycles. The van der Waals surface area contributed by atoms with E-state index in [0.29, 0.717) is 13.2 Å². The summed E-state index contributed by atoms with van der Waals surface area (Å²) in [4.78, 5) is 0. The Labute approximate surface area is 117 Å². The van der Waals surface area contributed by atoms with Gasteiger partial charge in [-0.1, -0.05) is 43.9 Å². The van der Waals surface area contributed by atoms with Gasteiger partial charge in [-0.05, 0) is 43.4 Å². The van der Waals surface area contributed by atoms with Crippen LogP contribution in [0.15, 0.2) is 18.2 Å². The van der Waals surface area contributed by atoms with Crippen LogP contribution in [-0.2, 0) is 11.3 Å². The third kappa shape index (κ3) is 4.05. The zero-order valence-electron chi connectivity index (χ0n) is 12.4. The van der Waals surface area contributed by atoms with E-state index in [2.05, 4.69) is 32.0 Å². The normalized spacial score (nSPS) is 19.1. The van der Waals surface area contributed by atoms with Crippen molar-refractivity contribution < 1.29 is 4.74 Å². The molecule has 1 aromatic carbocycles. The molecule has 2 N–H and O–H groups in total. The van der Waals surface area contributed by atoms with Crippen LogP contribution >= 0.6 is 0 Å². The monoisotopic (exact) mass is 261 g/mol. The molecule has 1 fully saturated rings. The molecule has 1 saturated carbocycles. The Morgan fingerprint density at radius 1 is 1.05 bits per heavy atom. The average Bonchev–Trinajstić information content (AvgIpc) is 2.58. The van der Waals surface area contributed by atoms with Crippen molar-refractivity contribution in [3.8, 4) is 0 Å². The molecule has 1 aromatic rings. The van der Waals surface area contributed by atoms with Crippen molar-refractivity contribution in [3.63, 3.8) is 0 Å². The summed E-state index contributed by atoms with van der Waals surface area (Å²) in [6, 6.07) is 6.40. The van der Waals surface area contributed by atoms with Crippen molar-refractivity contribution in [2.45, 2.75) is 64.5 Å². The smallest absolute Gasteiger partial charge is 0.0722 e. The number of hydrogen-bond acceptors (Lipinski definition) is 2. The number of hydrogen-bond donors (Lipinski definition) is 1. The second kappa shape index (κ2) is 6.53. The van der Waals surface area contributed by atoms with Gasteiger partial charge in [0, 0.05) is 5.54 Å². The van der Waals surface area contributed by atoms with Gasteiger partial charge >= 0.3 is 0 Å². The first kappa shape index (κ1) is 14.5. The maximum absolute atomic E-state index is 6.47. The molecule has 1 aliphatic carbocycles. The number of aryl methyl sites for hydroxylation is 2. The summed E-state index contributed by atoms with van der Waals surface area (Å²) in [5.41, 5.74) is 10.3. The molecule has 2 heteroatoms. The van der Waals surface area contributed by atoms with Crippen molar-refractivity contribution in [1.82, 2.24) is 0 Å². The lowest BCUT2D eigenvalue weighted by molar-refractivity contribution is 0.0662. The van der Waals surface area contributed by atoms with Crippen LogP contribution in [0, 0.1) is 13.8 Å². The van der Waals surface area contributed by atoms with Gasteiger partial charge in [-0.25, -0.2) is 0 Å². The highest BCUT2D eigenvalue weighted by Crippen LogP contribution is 2.25. The van der Waals surface area contributed by atoms with E-state index < -0.39 is 0 Å². The maximum Gasteiger partial charge on any atom is 0.0722 e. The predicted molar refractivity (Wildman–Crippen MR) is 80.2 cm³/mol. The molecule has 2 nitrogen and oxygen atoms in total. The number of benzene rings is 1. The first-order chi connectivity index (χ1) is 9.11. The summed E-state index contributed by atoms with van der Waals surface area (Å²) in [5, 5.41) is 0. The summed E-state index contributed by atoms with van der Waals surface area (Å²) in [6.45, 7) is 5.68. The third-order valence-electron chi connectivity index (χ3n) is 4.38. The lowest BCUT2D eigenvalue weighted by Crippen LogP contribution is -2.43. The standard InChI is InChI=1S/C17H27NO/c1-14-8-7-9-15(2)16(14)12-19-13-17(18)10-5-3-4-6-11-17/h7-9H,3-6,10-13,18H2,1-2H3. The second-order valence-electron chi connectivity index (χ2n) is 6.14. The van der Waals surface area contributed by atoms with Crippen LogP contribution in [0.5, 0.6) is 0 Å². The van der Waals surface area contributed by atoms with E-state index in [-0.39, 0.29) is 5.54 Å². The molecular formula is C17H27NO. The molecule has 19 heavy (non-hydrogen) atoms. The van der Waals surface area contributed by atoms with Crippen LogP contribution in [0.2, 0.25) is 0 Å². The summed E-state index contributed by atoms with van der Waals surface area (Å²) < 4.78 is 5.95. The van der Waals surface area contributed by atoms with Crippen LogP contribution in [0.3, 0.4) is 0 Å². The summed E-state index contributed by atoms with van der Waals surface area (Å²) in [7, 11) is 0. The Hall–Kier alpha value is -0.860. The zero-order chi connectivity index (χ0) is 13.7. The fraction of sp³-hybridized carbons (Fsp3) is 0.647. The van der Waals surface area contributed by atoms with Crippen LogP contribution in [0.4, 0.5) is 0 Å². The number of nitrogens with two attached hydrogens (primary N) is 1. The first-order valence-electron chi connectivity index (χ1n) is 7.52. The zero-order valence-corrected chi connectivity index (χ0v) is 12.4. The molecule has 0 atom stereocenters. The first-order valence-corrected chi connectivity index (χ1v) is 7.52. The van der Waals surface area contributed by atoms with E-state index >= 15 is 0 Å². The van der Waals surface area contributed by atoms with E-state index in [9.17, 15) is 0 Å². The van der Waals surface area contributed by atoms with Gasteiger partial charge in [0.05, 0.1) is 13.2 Å². The molecule has 0 radical (unpaired) electrons. The minimum absolute atomic E-state index is 0.0902. The lowest BCUT2D eigenvalue weighted by atomic mass is 9.92. The van der Waals surface area contributed by atoms with Gasteiger partial charge in [0.1, 0.15) is 0 Å². The minimum atomic E-state index is -0.0902. The maximum atomic E-state index is 6.47. The quantitative estimate of drug-likeness (QED) is 0.835. The SMILES string of the molecule is Cc1cccc(C)c1COCC1(N)CCCCCC1. The van der Waals surface area contributed by atoms with Gasteiger partial charge < -0.3 is 10.5 Å². The van der Waals surface area contributed by atoms with Crippen LogP contribution in [0.1, 0.15) is 55.2 Å². The fourth-order valence-corrected chi connectivity index (χ4v) is 3.01. The van der Waals surface area contributed by atoms with Gasteiger partial charge in [-0.15, -0.1) is 0 Å². The highest BCUT2D eigenvalue weighted by atomic mass is 16.5. The van der Waals surface area contributed by atoms with E-state index in [4.69, 9.17) is 10.5 Å². The topological polar surface area (TPSA) is 35.2 Å². The van der Waals surface area contributed by atoms with Crippen molar-refractivity contribution >= 4 is 0 Å². The van der Waals surface area contributed by atoms with Crippen LogP contribution in [-0.4, -0.2) is 12.1 Å². The van der Waals surface area contributed by atoms with Crippen molar-refractivity contribution in [1.29, 1.82) is 0 Å². The summed E-state index contributed by atoms with van der Waals surface area (Å²) in [6.07, 6.45) is 7.39. The fourth-order valence-electron chi connectivity index (χ4n) is 3.01. The Morgan fingerprint density at radius 3 is 2.21 bits per heavy atom. The van der Waals surface area contributed by atoms with E-state index in [1.807, 2.05) is 0 Å². The predicted octanol–water partition coefficient (Wildman–Crippen LogP) is 3.87. The number of ether oxygens (including phenoxy) is 1. The molecular weight excluding hydrogens is 234 g/mol. The van der Waals surface area contributed by atoms with Crippen molar-refractivity contribution in [2.75, 3.05) is 6.61 Å². The van der Waals surface area contributed by atoms with Crippen LogP contribution < -0.4 is 5.73 Å². The molecule has 0 saturated heterocycles. The van der Waals surface area contributed by atoms with Gasteiger partial charge in [-0.2, -0.15) is 0 Å². The Bertz CT molecular complexity index is 385. The molecule has 106 valence electrons. The average molecular weight is 261 g/mol. The van der Waals surface area contributed by atoms with E-state index in [1.165, 1.54) is 42.4 Å². The van der Waals surface area contributed by atoms with Crippen molar-refractivity contribution in [2.24, 2.45) is 5.73 Å². The molecule has 0 bridgehead atoms. The molecule has 1 aliphatic rings. The minimum Gasteiger partial charge on any atom is -0.375 e. The van der Waals surface area contributed by atoms with Gasteiger partial charge in [-0.3, -0.25) is 0 Å². The van der Waals surface area contributed by atoms with Gasteiger partial charge in [0.25, 0.3) is 0 Å². The Kier molecular flexibility index (Phi) is 5.00. The van der Waals surface area contributed by atoms with Gasteiger partial charge in [0.15, 0.2) is 0 Å². The van der Waals surface area contributed by atoms with E-state index in [1.54, 1.807) is 0 Å². The largest absolute Gasteiger partial charge is 0.375 e. The lowest BCUT2D eigenvalue weighted by Gasteiger charge is -2.28. The summed E-state index contributed by atoms with van der Waals surface area (Å²) >= 11 is 0. The Morgan fingerprint density at radius 2 is 1.63 bits per heavy atom. The van der Waals surface area contributed by atoms with Crippen molar-refractivity contribution in [3.05, 3.63) is 34.9 Å². The molecule has 0 aliphatic heterocycles. The highest BCUT2D eigenvalue weighted by Gasteiger charge is 2.26. The molecule has 0 unspecified atom stereocenters. The second-order valence-corrected chi connectivity index (χ2v) is 6.14. The molecule has 0 spiro atoms. The van der Waals surface area contributed by atoms with Crippen LogP contribution in [0.25, 0.3) is 0 Å². The van der Waals surface area contributed by atoms with Gasteiger partial charge in [0.2, 0.25) is 0 Å². The number of rotatable bonds is 4. The highest BCUT2D eigenvalue weighted by molar-refractivity contribution is 5.32. The Balaban J connectivity index is 1.89. The third-order valence-corrected chi connectivity index (χ3v) is 4.38. The molecule has 0 heterocycles. The molecule has 2 rings (SSSR count). The van der Waals surface area contributed by atoms with E-state index in [0.717, 1.165) is 12.8 Å². The molecule has 0 amide bonds.